The average molecular weight is 287 g/mol. The van der Waals surface area contributed by atoms with Crippen LogP contribution in [0.15, 0.2) is 48.5 Å². The Kier molecular flexibility index (Phi) is 4.90. The quantitative estimate of drug-likeness (QED) is 0.650. The maximum atomic E-state index is 10.7. The number of aliphatic hydroxyl groups excluding tert-OH is 1. The molecule has 2 rings (SSSR count). The third-order valence-electron chi connectivity index (χ3n) is 3.18. The number of benzene rings is 2. The standard InChI is InChI=1S/C16H17NO4/c1-2-16(18)13-6-8-15(9-7-13)21-11-12-4-3-5-14(10-12)17(19)20/h3-10,16,18H,2,11H2,1H3/t16-/m1/s1. The lowest BCUT2D eigenvalue weighted by atomic mass is 10.1. The van der Waals surface area contributed by atoms with E-state index in [2.05, 4.69) is 0 Å². The molecule has 0 aliphatic heterocycles. The van der Waals surface area contributed by atoms with Gasteiger partial charge in [0.15, 0.2) is 0 Å². The smallest absolute Gasteiger partial charge is 0.269 e. The molecular formula is C16H17NO4. The van der Waals surface area contributed by atoms with Crippen LogP contribution in [-0.2, 0) is 6.61 Å². The molecule has 110 valence electrons. The molecular weight excluding hydrogens is 270 g/mol. The third-order valence-corrected chi connectivity index (χ3v) is 3.18. The predicted molar refractivity (Wildman–Crippen MR) is 79.1 cm³/mol. The Balaban J connectivity index is 1.99. The van der Waals surface area contributed by atoms with Crippen molar-refractivity contribution in [1.29, 1.82) is 0 Å². The number of nitro benzene ring substituents is 1. The van der Waals surface area contributed by atoms with Crippen molar-refractivity contribution >= 4 is 5.69 Å². The van der Waals surface area contributed by atoms with Crippen molar-refractivity contribution in [3.05, 3.63) is 69.8 Å². The summed E-state index contributed by atoms with van der Waals surface area (Å²) in [6, 6.07) is 13.6. The second-order valence-corrected chi connectivity index (χ2v) is 4.71. The Labute approximate surface area is 123 Å². The number of nitrogens with zero attached hydrogens (tertiary/aromatic N) is 1. The van der Waals surface area contributed by atoms with Gasteiger partial charge in [0.1, 0.15) is 12.4 Å². The summed E-state index contributed by atoms with van der Waals surface area (Å²) < 4.78 is 5.59. The highest BCUT2D eigenvalue weighted by Crippen LogP contribution is 2.21. The largest absolute Gasteiger partial charge is 0.489 e. The normalized spacial score (nSPS) is 11.9. The first-order chi connectivity index (χ1) is 10.1. The summed E-state index contributed by atoms with van der Waals surface area (Å²) in [6.07, 6.45) is 0.198. The van der Waals surface area contributed by atoms with E-state index in [0.29, 0.717) is 12.2 Å². The first-order valence-corrected chi connectivity index (χ1v) is 6.74. The van der Waals surface area contributed by atoms with Gasteiger partial charge in [0.25, 0.3) is 5.69 Å². The molecule has 0 saturated carbocycles. The van der Waals surface area contributed by atoms with Crippen LogP contribution < -0.4 is 4.74 Å². The maximum Gasteiger partial charge on any atom is 0.269 e. The number of aliphatic hydroxyl groups is 1. The molecule has 1 N–H and O–H groups in total. The van der Waals surface area contributed by atoms with Crippen molar-refractivity contribution in [2.45, 2.75) is 26.1 Å². The van der Waals surface area contributed by atoms with E-state index in [-0.39, 0.29) is 12.3 Å². The second-order valence-electron chi connectivity index (χ2n) is 4.71. The molecule has 5 heteroatoms. The Hall–Kier alpha value is -2.40. The van der Waals surface area contributed by atoms with Crippen LogP contribution in [-0.4, -0.2) is 10.0 Å². The van der Waals surface area contributed by atoms with Crippen LogP contribution in [0, 0.1) is 10.1 Å². The van der Waals surface area contributed by atoms with E-state index in [1.165, 1.54) is 12.1 Å². The molecule has 5 nitrogen and oxygen atoms in total. The van der Waals surface area contributed by atoms with Crippen molar-refractivity contribution in [1.82, 2.24) is 0 Å². The zero-order valence-electron chi connectivity index (χ0n) is 11.7. The summed E-state index contributed by atoms with van der Waals surface area (Å²) in [4.78, 5) is 10.3. The number of ether oxygens (including phenoxy) is 1. The lowest BCUT2D eigenvalue weighted by Crippen LogP contribution is -1.98. The molecule has 0 radical (unpaired) electrons. The molecule has 0 spiro atoms. The molecule has 0 unspecified atom stereocenters. The SMILES string of the molecule is CC[C@@H](O)c1ccc(OCc2cccc([N+](=O)[O-])c2)cc1. The zero-order chi connectivity index (χ0) is 15.2. The molecule has 21 heavy (non-hydrogen) atoms. The number of hydrogen-bond acceptors (Lipinski definition) is 4. The Bertz CT molecular complexity index is 610. The molecule has 0 amide bonds. The molecule has 2 aromatic carbocycles. The summed E-state index contributed by atoms with van der Waals surface area (Å²) in [5.74, 6) is 0.661. The van der Waals surface area contributed by atoms with E-state index in [0.717, 1.165) is 11.1 Å². The van der Waals surface area contributed by atoms with Gasteiger partial charge in [0.05, 0.1) is 11.0 Å². The fourth-order valence-electron chi connectivity index (χ4n) is 1.95. The number of non-ortho nitro benzene ring substituents is 1. The highest BCUT2D eigenvalue weighted by atomic mass is 16.6. The second kappa shape index (κ2) is 6.85. The highest BCUT2D eigenvalue weighted by Gasteiger charge is 2.07. The predicted octanol–water partition coefficient (Wildman–Crippen LogP) is 3.62. The lowest BCUT2D eigenvalue weighted by Gasteiger charge is -2.10. The fraction of sp³-hybridized carbons (Fsp3) is 0.250. The van der Waals surface area contributed by atoms with E-state index in [1.807, 2.05) is 19.1 Å². The van der Waals surface area contributed by atoms with E-state index < -0.39 is 11.0 Å². The van der Waals surface area contributed by atoms with Crippen LogP contribution in [0.3, 0.4) is 0 Å². The van der Waals surface area contributed by atoms with Gasteiger partial charge >= 0.3 is 0 Å². The summed E-state index contributed by atoms with van der Waals surface area (Å²) >= 11 is 0. The molecule has 1 atom stereocenters. The van der Waals surface area contributed by atoms with Gasteiger partial charge in [-0.3, -0.25) is 10.1 Å². The molecule has 0 aliphatic rings. The Morgan fingerprint density at radius 1 is 1.24 bits per heavy atom. The van der Waals surface area contributed by atoms with E-state index in [4.69, 9.17) is 4.74 Å². The third kappa shape index (κ3) is 4.03. The van der Waals surface area contributed by atoms with Gasteiger partial charge in [-0.2, -0.15) is 0 Å². The first-order valence-electron chi connectivity index (χ1n) is 6.74. The molecule has 0 heterocycles. The van der Waals surface area contributed by atoms with Crippen LogP contribution in [0.2, 0.25) is 0 Å². The topological polar surface area (TPSA) is 72.6 Å². The fourth-order valence-corrected chi connectivity index (χ4v) is 1.95. The van der Waals surface area contributed by atoms with Gasteiger partial charge in [-0.15, -0.1) is 0 Å². The number of rotatable bonds is 6. The monoisotopic (exact) mass is 287 g/mol. The summed E-state index contributed by atoms with van der Waals surface area (Å²) in [5.41, 5.74) is 1.64. The molecule has 2 aromatic rings. The van der Waals surface area contributed by atoms with Crippen molar-refractivity contribution in [2.75, 3.05) is 0 Å². The van der Waals surface area contributed by atoms with Crippen molar-refractivity contribution in [3.63, 3.8) is 0 Å². The molecule has 0 aliphatic carbocycles. The van der Waals surface area contributed by atoms with Gasteiger partial charge < -0.3 is 9.84 Å². The van der Waals surface area contributed by atoms with Gasteiger partial charge in [-0.25, -0.2) is 0 Å². The molecule has 0 fully saturated rings. The highest BCUT2D eigenvalue weighted by molar-refractivity contribution is 5.34. The Morgan fingerprint density at radius 3 is 2.57 bits per heavy atom. The lowest BCUT2D eigenvalue weighted by molar-refractivity contribution is -0.384. The van der Waals surface area contributed by atoms with Crippen molar-refractivity contribution in [2.24, 2.45) is 0 Å². The molecule has 0 aromatic heterocycles. The van der Waals surface area contributed by atoms with Crippen molar-refractivity contribution < 1.29 is 14.8 Å². The van der Waals surface area contributed by atoms with Crippen LogP contribution >= 0.6 is 0 Å². The molecule has 0 bridgehead atoms. The minimum absolute atomic E-state index is 0.0533. The van der Waals surface area contributed by atoms with Crippen LogP contribution in [0.25, 0.3) is 0 Å². The summed E-state index contributed by atoms with van der Waals surface area (Å²) in [7, 11) is 0. The molecule has 0 saturated heterocycles. The first kappa shape index (κ1) is 15.0. The van der Waals surface area contributed by atoms with Gasteiger partial charge in [0.2, 0.25) is 0 Å². The average Bonchev–Trinajstić information content (AvgIpc) is 2.53. The number of hydrogen-bond donors (Lipinski definition) is 1. The maximum absolute atomic E-state index is 10.7. The van der Waals surface area contributed by atoms with Gasteiger partial charge in [-0.1, -0.05) is 31.2 Å². The zero-order valence-corrected chi connectivity index (χ0v) is 11.7. The Morgan fingerprint density at radius 2 is 1.95 bits per heavy atom. The van der Waals surface area contributed by atoms with Crippen LogP contribution in [0.1, 0.15) is 30.6 Å². The summed E-state index contributed by atoms with van der Waals surface area (Å²) in [5, 5.41) is 20.4. The minimum Gasteiger partial charge on any atom is -0.489 e. The van der Waals surface area contributed by atoms with E-state index >= 15 is 0 Å². The van der Waals surface area contributed by atoms with Gasteiger partial charge in [-0.05, 0) is 29.7 Å². The van der Waals surface area contributed by atoms with Crippen LogP contribution in [0.5, 0.6) is 5.75 Å². The van der Waals surface area contributed by atoms with E-state index in [9.17, 15) is 15.2 Å². The minimum atomic E-state index is -0.462. The van der Waals surface area contributed by atoms with Crippen molar-refractivity contribution in [3.8, 4) is 5.75 Å². The van der Waals surface area contributed by atoms with Crippen LogP contribution in [0.4, 0.5) is 5.69 Å². The van der Waals surface area contributed by atoms with E-state index in [1.54, 1.807) is 24.3 Å². The van der Waals surface area contributed by atoms with Gasteiger partial charge in [0, 0.05) is 12.1 Å². The summed E-state index contributed by atoms with van der Waals surface area (Å²) in [6.45, 7) is 2.18. The number of nitro groups is 1.